The van der Waals surface area contributed by atoms with Crippen LogP contribution in [-0.2, 0) is 5.33 Å². The van der Waals surface area contributed by atoms with Crippen LogP contribution in [0.25, 0.3) is 0 Å². The van der Waals surface area contributed by atoms with E-state index in [0.717, 1.165) is 0 Å². The van der Waals surface area contributed by atoms with Crippen LogP contribution in [0.5, 0.6) is 11.5 Å². The zero-order valence-electron chi connectivity index (χ0n) is 8.79. The van der Waals surface area contributed by atoms with Crippen molar-refractivity contribution in [2.45, 2.75) is 5.33 Å². The van der Waals surface area contributed by atoms with Gasteiger partial charge >= 0.3 is 0 Å². The Kier molecular flexibility index (Phi) is 4.02. The molecule has 0 amide bonds. The van der Waals surface area contributed by atoms with E-state index >= 15 is 0 Å². The van der Waals surface area contributed by atoms with E-state index in [-0.39, 0.29) is 5.82 Å². The van der Waals surface area contributed by atoms with Crippen molar-refractivity contribution in [3.05, 3.63) is 58.9 Å². The number of rotatable bonds is 3. The van der Waals surface area contributed by atoms with Crippen molar-refractivity contribution in [3.8, 4) is 11.5 Å². The normalized spacial score (nSPS) is 10.3. The topological polar surface area (TPSA) is 9.23 Å². The molecule has 0 N–H and O–H groups in total. The van der Waals surface area contributed by atoms with Crippen LogP contribution in [0.1, 0.15) is 5.56 Å². The Bertz CT molecular complexity index is 531. The number of ether oxygens (including phenoxy) is 1. The van der Waals surface area contributed by atoms with Crippen molar-refractivity contribution < 1.29 is 9.13 Å². The Balaban J connectivity index is 2.37. The summed E-state index contributed by atoms with van der Waals surface area (Å²) in [5.41, 5.74) is 0.479. The fraction of sp³-hybridized carbons (Fsp3) is 0.0769. The molecule has 2 rings (SSSR count). The lowest BCUT2D eigenvalue weighted by Crippen LogP contribution is -1.93. The van der Waals surface area contributed by atoms with Crippen LogP contribution in [0.4, 0.5) is 4.39 Å². The third-order valence-corrected chi connectivity index (χ3v) is 3.14. The van der Waals surface area contributed by atoms with Gasteiger partial charge in [0.1, 0.15) is 17.3 Å². The van der Waals surface area contributed by atoms with E-state index in [0.29, 0.717) is 27.4 Å². The number of alkyl halides is 1. The van der Waals surface area contributed by atoms with Crippen LogP contribution < -0.4 is 4.74 Å². The van der Waals surface area contributed by atoms with Crippen molar-refractivity contribution in [1.29, 1.82) is 0 Å². The number of hydrogen-bond donors (Lipinski definition) is 0. The summed E-state index contributed by atoms with van der Waals surface area (Å²) in [5, 5.41) is 0.886. The van der Waals surface area contributed by atoms with Crippen molar-refractivity contribution >= 4 is 27.5 Å². The van der Waals surface area contributed by atoms with Crippen LogP contribution >= 0.6 is 27.5 Å². The predicted molar refractivity (Wildman–Crippen MR) is 70.6 cm³/mol. The summed E-state index contributed by atoms with van der Waals surface area (Å²) in [6.07, 6.45) is 0. The monoisotopic (exact) mass is 314 g/mol. The lowest BCUT2D eigenvalue weighted by Gasteiger charge is -2.11. The van der Waals surface area contributed by atoms with E-state index in [1.54, 1.807) is 24.3 Å². The summed E-state index contributed by atoms with van der Waals surface area (Å²) in [6.45, 7) is 0. The first-order valence-electron chi connectivity index (χ1n) is 4.98. The van der Waals surface area contributed by atoms with Crippen LogP contribution in [0, 0.1) is 5.82 Å². The maximum atomic E-state index is 13.5. The smallest absolute Gasteiger partial charge is 0.146 e. The minimum atomic E-state index is -0.300. The molecule has 0 atom stereocenters. The van der Waals surface area contributed by atoms with Gasteiger partial charge in [0.05, 0.1) is 5.02 Å². The first kappa shape index (κ1) is 12.4. The van der Waals surface area contributed by atoms with Gasteiger partial charge in [-0.15, -0.1) is 0 Å². The maximum Gasteiger partial charge on any atom is 0.146 e. The average molecular weight is 316 g/mol. The van der Waals surface area contributed by atoms with Crippen molar-refractivity contribution in [3.63, 3.8) is 0 Å². The Labute approximate surface area is 112 Å². The molecule has 0 bridgehead atoms. The molecule has 0 saturated carbocycles. The van der Waals surface area contributed by atoms with Crippen LogP contribution in [0.2, 0.25) is 5.02 Å². The largest absolute Gasteiger partial charge is 0.455 e. The summed E-state index contributed by atoms with van der Waals surface area (Å²) in [7, 11) is 0. The molecule has 4 heteroatoms. The second-order valence-corrected chi connectivity index (χ2v) is 4.35. The van der Waals surface area contributed by atoms with Crippen LogP contribution in [-0.4, -0.2) is 0 Å². The van der Waals surface area contributed by atoms with Crippen LogP contribution in [0.15, 0.2) is 42.5 Å². The predicted octanol–water partition coefficient (Wildman–Crippen LogP) is 5.17. The lowest BCUT2D eigenvalue weighted by atomic mass is 10.2. The highest BCUT2D eigenvalue weighted by Crippen LogP contribution is 2.32. The molecule has 0 fully saturated rings. The fourth-order valence-electron chi connectivity index (χ4n) is 1.41. The molecule has 0 aliphatic rings. The number of benzene rings is 2. The lowest BCUT2D eigenvalue weighted by molar-refractivity contribution is 0.471. The van der Waals surface area contributed by atoms with E-state index in [2.05, 4.69) is 15.9 Å². The van der Waals surface area contributed by atoms with E-state index in [9.17, 15) is 4.39 Å². The third kappa shape index (κ3) is 2.79. The highest BCUT2D eigenvalue weighted by Gasteiger charge is 2.10. The SMILES string of the molecule is Fc1cccc(Oc2ccccc2Cl)c1CBr. The van der Waals surface area contributed by atoms with E-state index in [1.807, 2.05) is 12.1 Å². The van der Waals surface area contributed by atoms with E-state index in [1.165, 1.54) is 6.07 Å². The Morgan fingerprint density at radius 1 is 1.06 bits per heavy atom. The second kappa shape index (κ2) is 5.52. The molecular weight excluding hydrogens is 306 g/mol. The number of halogens is 3. The highest BCUT2D eigenvalue weighted by atomic mass is 79.9. The first-order chi connectivity index (χ1) is 8.22. The second-order valence-electron chi connectivity index (χ2n) is 3.38. The molecule has 2 aromatic rings. The van der Waals surface area contributed by atoms with Crippen molar-refractivity contribution in [1.82, 2.24) is 0 Å². The minimum absolute atomic E-state index is 0.300. The molecule has 1 nitrogen and oxygen atoms in total. The molecule has 2 aromatic carbocycles. The quantitative estimate of drug-likeness (QED) is 0.710. The van der Waals surface area contributed by atoms with Crippen molar-refractivity contribution in [2.24, 2.45) is 0 Å². The van der Waals surface area contributed by atoms with Gasteiger partial charge in [-0.1, -0.05) is 45.7 Å². The fourth-order valence-corrected chi connectivity index (χ4v) is 2.13. The van der Waals surface area contributed by atoms with Gasteiger partial charge in [-0.3, -0.25) is 0 Å². The highest BCUT2D eigenvalue weighted by molar-refractivity contribution is 9.08. The zero-order chi connectivity index (χ0) is 12.3. The first-order valence-corrected chi connectivity index (χ1v) is 6.48. The number of para-hydroxylation sites is 1. The third-order valence-electron chi connectivity index (χ3n) is 2.27. The molecule has 0 unspecified atom stereocenters. The maximum absolute atomic E-state index is 13.5. The zero-order valence-corrected chi connectivity index (χ0v) is 11.1. The van der Waals surface area contributed by atoms with Crippen LogP contribution in [0.3, 0.4) is 0 Å². The van der Waals surface area contributed by atoms with Gasteiger partial charge in [0.25, 0.3) is 0 Å². The van der Waals surface area contributed by atoms with Crippen molar-refractivity contribution in [2.75, 3.05) is 0 Å². The molecule has 0 heterocycles. The molecule has 17 heavy (non-hydrogen) atoms. The molecule has 0 spiro atoms. The van der Waals surface area contributed by atoms with Gasteiger partial charge in [-0.2, -0.15) is 0 Å². The molecule has 0 aliphatic carbocycles. The molecule has 0 saturated heterocycles. The average Bonchev–Trinajstić information content (AvgIpc) is 2.32. The molecule has 0 aliphatic heterocycles. The van der Waals surface area contributed by atoms with Gasteiger partial charge in [-0.05, 0) is 24.3 Å². The molecule has 88 valence electrons. The summed E-state index contributed by atoms with van der Waals surface area (Å²) in [5.74, 6) is 0.684. The Morgan fingerprint density at radius 2 is 1.76 bits per heavy atom. The molecular formula is C13H9BrClFO. The molecule has 0 aromatic heterocycles. The summed E-state index contributed by atoms with van der Waals surface area (Å²) >= 11 is 9.22. The summed E-state index contributed by atoms with van der Waals surface area (Å²) in [6, 6.07) is 11.8. The van der Waals surface area contributed by atoms with Gasteiger partial charge in [0, 0.05) is 10.9 Å². The van der Waals surface area contributed by atoms with Gasteiger partial charge in [-0.25, -0.2) is 4.39 Å². The summed E-state index contributed by atoms with van der Waals surface area (Å²) in [4.78, 5) is 0. The molecule has 0 radical (unpaired) electrons. The van der Waals surface area contributed by atoms with Gasteiger partial charge in [0.15, 0.2) is 0 Å². The van der Waals surface area contributed by atoms with E-state index < -0.39 is 0 Å². The Hall–Kier alpha value is -1.06. The summed E-state index contributed by atoms with van der Waals surface area (Å²) < 4.78 is 19.1. The minimum Gasteiger partial charge on any atom is -0.455 e. The Morgan fingerprint density at radius 3 is 2.47 bits per heavy atom. The standard InChI is InChI=1S/C13H9BrClFO/c14-8-9-11(16)5-3-7-12(9)17-13-6-2-1-4-10(13)15/h1-7H,8H2. The number of hydrogen-bond acceptors (Lipinski definition) is 1. The van der Waals surface area contributed by atoms with Gasteiger partial charge in [0.2, 0.25) is 0 Å². The van der Waals surface area contributed by atoms with E-state index in [4.69, 9.17) is 16.3 Å². The van der Waals surface area contributed by atoms with Gasteiger partial charge < -0.3 is 4.74 Å².